The van der Waals surface area contributed by atoms with Gasteiger partial charge in [0.2, 0.25) is 5.95 Å². The molecule has 43 heavy (non-hydrogen) atoms. The summed E-state index contributed by atoms with van der Waals surface area (Å²) >= 11 is 0. The first kappa shape index (κ1) is 33.3. The molecule has 3 aromatic rings. The van der Waals surface area contributed by atoms with E-state index in [1.807, 2.05) is 13.8 Å². The zero-order chi connectivity index (χ0) is 31.9. The van der Waals surface area contributed by atoms with Crippen molar-refractivity contribution in [3.05, 3.63) is 57.5 Å². The Morgan fingerprint density at radius 2 is 1.74 bits per heavy atom. The number of hydrogen-bond donors (Lipinski definition) is 5. The van der Waals surface area contributed by atoms with Crippen LogP contribution in [0.3, 0.4) is 0 Å². The maximum absolute atomic E-state index is 13.6. The molecule has 0 aliphatic heterocycles. The van der Waals surface area contributed by atoms with Gasteiger partial charge >= 0.3 is 11.9 Å². The molecule has 0 aliphatic carbocycles. The molecule has 0 radical (unpaired) electrons. The van der Waals surface area contributed by atoms with Gasteiger partial charge in [0, 0.05) is 30.6 Å². The number of aliphatic carboxylic acids is 2. The first-order chi connectivity index (χ1) is 20.3. The second-order valence-corrected chi connectivity index (χ2v) is 13.3. The van der Waals surface area contributed by atoms with Crippen molar-refractivity contribution in [1.29, 1.82) is 0 Å². The molecule has 2 heterocycles. The monoisotopic (exact) mass is 617 g/mol. The molecular weight excluding hydrogens is 578 g/mol. The molecule has 3 rings (SSSR count). The molecule has 1 amide bonds. The predicted molar refractivity (Wildman–Crippen MR) is 162 cm³/mol. The lowest BCUT2D eigenvalue weighted by Gasteiger charge is -2.29. The van der Waals surface area contributed by atoms with Gasteiger partial charge in [-0.15, -0.1) is 0 Å². The number of nitrogens with zero attached hydrogens (tertiary/aromatic N) is 2. The Bertz CT molecular complexity index is 1610. The Kier molecular flexibility index (Phi) is 11.1. The highest BCUT2D eigenvalue weighted by molar-refractivity contribution is 7.92. The van der Waals surface area contributed by atoms with E-state index in [0.29, 0.717) is 23.0 Å². The molecule has 14 heteroatoms. The Morgan fingerprint density at radius 3 is 2.35 bits per heavy atom. The zero-order valence-electron chi connectivity index (χ0n) is 24.5. The predicted octanol–water partition coefficient (Wildman–Crippen LogP) is 3.13. The summed E-state index contributed by atoms with van der Waals surface area (Å²) in [6.07, 6.45) is 2.64. The van der Waals surface area contributed by atoms with Gasteiger partial charge in [0.15, 0.2) is 9.84 Å². The smallest absolute Gasteiger partial charge is 0.326 e. The highest BCUT2D eigenvalue weighted by Crippen LogP contribution is 2.29. The van der Waals surface area contributed by atoms with E-state index in [1.54, 1.807) is 37.4 Å². The number of carbonyl (C=O) groups excluding carboxylic acids is 1. The number of nitrogens with two attached hydrogens (primary N) is 1. The lowest BCUT2D eigenvalue weighted by atomic mass is 9.92. The van der Waals surface area contributed by atoms with Crippen molar-refractivity contribution in [2.75, 3.05) is 18.0 Å². The van der Waals surface area contributed by atoms with Crippen molar-refractivity contribution in [2.45, 2.75) is 76.5 Å². The number of unbranched alkanes of at least 4 members (excludes halogenated alkanes) is 1. The molecule has 1 aromatic carbocycles. The maximum Gasteiger partial charge on any atom is 0.326 e. The van der Waals surface area contributed by atoms with Crippen LogP contribution in [0, 0.1) is 0 Å². The Hall–Kier alpha value is -4.20. The maximum atomic E-state index is 13.6. The summed E-state index contributed by atoms with van der Waals surface area (Å²) in [5, 5.41) is 18.8. The standard InChI is InChI=1S/C29H39N5O8S/c1-4-5-15-43(41,42)17(2)7-6-14-34(22(28(39)40)12-13-23(35)36)27(38)20-10-8-19(9-11-20)18(3)21-16-31-25-24(21)26(37)33-29(30)32-25/h8-11,16-18,22H,4-7,12-15H2,1-3H3,(H,35,36)(H,39,40)(H4,30,31,32,33,37)/t17?,18?,22-/m0/s1. The summed E-state index contributed by atoms with van der Waals surface area (Å²) in [4.78, 5) is 60.2. The first-order valence-electron chi connectivity index (χ1n) is 14.2. The number of carboxylic acid groups (broad SMARTS) is 2. The number of carboxylic acids is 2. The molecule has 3 atom stereocenters. The summed E-state index contributed by atoms with van der Waals surface area (Å²) < 4.78 is 25.1. The molecule has 0 saturated heterocycles. The third-order valence-corrected chi connectivity index (χ3v) is 9.99. The van der Waals surface area contributed by atoms with Crippen molar-refractivity contribution in [2.24, 2.45) is 0 Å². The van der Waals surface area contributed by atoms with Crippen molar-refractivity contribution in [3.63, 3.8) is 0 Å². The number of aromatic nitrogens is 3. The van der Waals surface area contributed by atoms with Crippen LogP contribution in [0.25, 0.3) is 11.0 Å². The Morgan fingerprint density at radius 1 is 1.07 bits per heavy atom. The minimum absolute atomic E-state index is 0.0124. The van der Waals surface area contributed by atoms with E-state index in [4.69, 9.17) is 10.8 Å². The quantitative estimate of drug-likeness (QED) is 0.158. The third-order valence-electron chi connectivity index (χ3n) is 7.67. The first-order valence-corrected chi connectivity index (χ1v) is 15.9. The van der Waals surface area contributed by atoms with Gasteiger partial charge < -0.3 is 25.8 Å². The number of sulfone groups is 1. The number of rotatable bonds is 16. The normalized spacial score (nSPS) is 13.8. The van der Waals surface area contributed by atoms with Crippen LogP contribution in [0.5, 0.6) is 0 Å². The number of carbonyl (C=O) groups is 3. The zero-order valence-corrected chi connectivity index (χ0v) is 25.3. The van der Waals surface area contributed by atoms with Crippen molar-refractivity contribution < 1.29 is 33.0 Å². The van der Waals surface area contributed by atoms with Crippen LogP contribution in [-0.4, -0.2) is 79.9 Å². The number of aromatic amines is 2. The van der Waals surface area contributed by atoms with Gasteiger partial charge in [-0.25, -0.2) is 13.2 Å². The number of nitrogens with one attached hydrogen (secondary N) is 2. The van der Waals surface area contributed by atoms with Crippen molar-refractivity contribution in [3.8, 4) is 0 Å². The molecule has 0 saturated carbocycles. The van der Waals surface area contributed by atoms with Crippen LogP contribution in [0.4, 0.5) is 5.95 Å². The van der Waals surface area contributed by atoms with E-state index in [2.05, 4.69) is 15.0 Å². The number of nitrogen functional groups attached to an aromatic ring is 1. The number of fused-ring (bicyclic) bond motifs is 1. The van der Waals surface area contributed by atoms with Gasteiger partial charge in [0.25, 0.3) is 11.5 Å². The van der Waals surface area contributed by atoms with E-state index < -0.39 is 45.4 Å². The summed E-state index contributed by atoms with van der Waals surface area (Å²) in [6.45, 7) is 5.32. The summed E-state index contributed by atoms with van der Waals surface area (Å²) in [5.74, 6) is -3.38. The highest BCUT2D eigenvalue weighted by atomic mass is 32.2. The van der Waals surface area contributed by atoms with Crippen molar-refractivity contribution in [1.82, 2.24) is 19.9 Å². The van der Waals surface area contributed by atoms with Gasteiger partial charge in [0.05, 0.1) is 16.4 Å². The highest BCUT2D eigenvalue weighted by Gasteiger charge is 2.31. The molecule has 0 fully saturated rings. The van der Waals surface area contributed by atoms with Crippen LogP contribution in [0.15, 0.2) is 35.3 Å². The van der Waals surface area contributed by atoms with Crippen LogP contribution >= 0.6 is 0 Å². The molecular formula is C29H39N5O8S. The fraction of sp³-hybridized carbons (Fsp3) is 0.483. The molecule has 0 bridgehead atoms. The molecule has 0 aliphatic rings. The molecule has 234 valence electrons. The number of hydrogen-bond acceptors (Lipinski definition) is 8. The van der Waals surface area contributed by atoms with Crippen LogP contribution in [0.1, 0.15) is 86.7 Å². The summed E-state index contributed by atoms with van der Waals surface area (Å²) in [7, 11) is -3.33. The molecule has 2 aromatic heterocycles. The van der Waals surface area contributed by atoms with Gasteiger partial charge in [-0.1, -0.05) is 32.4 Å². The molecule has 13 nitrogen and oxygen atoms in total. The summed E-state index contributed by atoms with van der Waals surface area (Å²) in [6, 6.07) is 5.08. The van der Waals surface area contributed by atoms with Crippen molar-refractivity contribution >= 4 is 44.7 Å². The SMILES string of the molecule is CCCCS(=O)(=O)C(C)CCCN(C(=O)c1ccc(C(C)c2c[nH]c3nc(N)[nH]c(=O)c23)cc1)[C@@H](CCC(=O)O)C(=O)O. The van der Waals surface area contributed by atoms with E-state index in [0.717, 1.165) is 16.9 Å². The second-order valence-electron chi connectivity index (χ2n) is 10.7. The van der Waals surface area contributed by atoms with Gasteiger partial charge in [-0.05, 0) is 55.9 Å². The Balaban J connectivity index is 1.84. The number of benzene rings is 1. The molecule has 0 spiro atoms. The van der Waals surface area contributed by atoms with Gasteiger partial charge in [0.1, 0.15) is 11.7 Å². The lowest BCUT2D eigenvalue weighted by molar-refractivity contribution is -0.143. The van der Waals surface area contributed by atoms with E-state index in [1.165, 1.54) is 0 Å². The Labute approximate surface area is 249 Å². The van der Waals surface area contributed by atoms with E-state index >= 15 is 0 Å². The molecule has 6 N–H and O–H groups in total. The molecule has 2 unspecified atom stereocenters. The van der Waals surface area contributed by atoms with E-state index in [9.17, 15) is 32.7 Å². The average molecular weight is 618 g/mol. The summed E-state index contributed by atoms with van der Waals surface area (Å²) in [5.41, 5.74) is 7.22. The number of amides is 1. The fourth-order valence-corrected chi connectivity index (χ4v) is 6.65. The minimum Gasteiger partial charge on any atom is -0.481 e. The second kappa shape index (κ2) is 14.3. The van der Waals surface area contributed by atoms with Gasteiger partial charge in [-0.3, -0.25) is 19.4 Å². The lowest BCUT2D eigenvalue weighted by Crippen LogP contribution is -2.46. The average Bonchev–Trinajstić information content (AvgIpc) is 3.38. The number of anilines is 1. The third kappa shape index (κ3) is 8.21. The van der Waals surface area contributed by atoms with Crippen LogP contribution in [-0.2, 0) is 19.4 Å². The fourth-order valence-electron chi connectivity index (χ4n) is 5.03. The van der Waals surface area contributed by atoms with Crippen LogP contribution < -0.4 is 11.3 Å². The van der Waals surface area contributed by atoms with E-state index in [-0.39, 0.29) is 54.5 Å². The topological polar surface area (TPSA) is 217 Å². The number of H-pyrrole nitrogens is 2. The van der Waals surface area contributed by atoms with Gasteiger partial charge in [-0.2, -0.15) is 4.98 Å². The van der Waals surface area contributed by atoms with Crippen LogP contribution in [0.2, 0.25) is 0 Å². The minimum atomic E-state index is -3.33. The largest absolute Gasteiger partial charge is 0.481 e.